The van der Waals surface area contributed by atoms with Gasteiger partial charge in [-0.2, -0.15) is 0 Å². The van der Waals surface area contributed by atoms with Crippen molar-refractivity contribution >= 4 is 34.2 Å². The highest BCUT2D eigenvalue weighted by atomic mass is 79.9. The molecule has 0 radical (unpaired) electrons. The Morgan fingerprint density at radius 2 is 2.26 bits per heavy atom. The summed E-state index contributed by atoms with van der Waals surface area (Å²) in [5, 5.41) is 6.01. The molecule has 7 heteroatoms. The summed E-state index contributed by atoms with van der Waals surface area (Å²) in [5.41, 5.74) is 0.421. The van der Waals surface area contributed by atoms with Gasteiger partial charge >= 0.3 is 0 Å². The minimum Gasteiger partial charge on any atom is -0.378 e. The highest BCUT2D eigenvalue weighted by Crippen LogP contribution is 2.17. The molecule has 0 aromatic heterocycles. The van der Waals surface area contributed by atoms with E-state index in [0.717, 1.165) is 0 Å². The number of nitrogens with one attached hydrogen (secondary N) is 2. The van der Waals surface area contributed by atoms with Crippen LogP contribution in [0.25, 0.3) is 0 Å². The lowest BCUT2D eigenvalue weighted by molar-refractivity contribution is 0.0780. The summed E-state index contributed by atoms with van der Waals surface area (Å²) in [6, 6.07) is 4.13. The Bertz CT molecular complexity index is 461. The van der Waals surface area contributed by atoms with E-state index in [1.807, 2.05) is 0 Å². The summed E-state index contributed by atoms with van der Waals surface area (Å²) in [6.07, 6.45) is -0.0298. The van der Waals surface area contributed by atoms with E-state index in [2.05, 4.69) is 26.6 Å². The minimum absolute atomic E-state index is 0. The van der Waals surface area contributed by atoms with Crippen molar-refractivity contribution in [3.05, 3.63) is 34.1 Å². The van der Waals surface area contributed by atoms with Gasteiger partial charge in [-0.1, -0.05) is 0 Å². The van der Waals surface area contributed by atoms with E-state index >= 15 is 0 Å². The van der Waals surface area contributed by atoms with Gasteiger partial charge in [0, 0.05) is 25.8 Å². The van der Waals surface area contributed by atoms with Crippen molar-refractivity contribution in [2.45, 2.75) is 12.1 Å². The molecule has 0 saturated carbocycles. The van der Waals surface area contributed by atoms with Gasteiger partial charge in [-0.15, -0.1) is 12.4 Å². The second kappa shape index (κ2) is 7.19. The highest BCUT2D eigenvalue weighted by molar-refractivity contribution is 9.10. The third-order valence-corrected chi connectivity index (χ3v) is 3.57. The van der Waals surface area contributed by atoms with Gasteiger partial charge in [0.05, 0.1) is 16.6 Å². The molecular weight excluding hydrogens is 338 g/mol. The molecule has 0 bridgehead atoms. The number of benzene rings is 1. The molecule has 4 nitrogen and oxygen atoms in total. The van der Waals surface area contributed by atoms with E-state index in [1.54, 1.807) is 7.11 Å². The Morgan fingerprint density at radius 3 is 2.89 bits per heavy atom. The number of amides is 1. The van der Waals surface area contributed by atoms with Gasteiger partial charge in [0.1, 0.15) is 5.82 Å². The molecule has 0 aliphatic carbocycles. The Morgan fingerprint density at radius 1 is 1.53 bits per heavy atom. The lowest BCUT2D eigenvalue weighted by Crippen LogP contribution is -2.43. The van der Waals surface area contributed by atoms with Crippen molar-refractivity contribution in [2.24, 2.45) is 0 Å². The largest absolute Gasteiger partial charge is 0.378 e. The van der Waals surface area contributed by atoms with Crippen molar-refractivity contribution in [2.75, 3.05) is 20.2 Å². The number of methoxy groups -OCH3 is 1. The average molecular weight is 354 g/mol. The van der Waals surface area contributed by atoms with Gasteiger partial charge in [-0.3, -0.25) is 4.79 Å². The first-order valence-corrected chi connectivity index (χ1v) is 6.40. The van der Waals surface area contributed by atoms with Gasteiger partial charge in [0.15, 0.2) is 0 Å². The van der Waals surface area contributed by atoms with Gasteiger partial charge in [-0.05, 0) is 34.1 Å². The Kier molecular flexibility index (Phi) is 6.19. The van der Waals surface area contributed by atoms with Gasteiger partial charge in [0.2, 0.25) is 0 Å². The first kappa shape index (κ1) is 16.4. The van der Waals surface area contributed by atoms with Crippen molar-refractivity contribution in [3.63, 3.8) is 0 Å². The molecule has 1 fully saturated rings. The number of rotatable bonds is 3. The maximum absolute atomic E-state index is 13.1. The lowest BCUT2D eigenvalue weighted by atomic mass is 10.1. The molecule has 1 aromatic carbocycles. The number of carbonyl (C=O) groups excluding carboxylic acids is 1. The van der Waals surface area contributed by atoms with Crippen molar-refractivity contribution < 1.29 is 13.9 Å². The van der Waals surface area contributed by atoms with E-state index < -0.39 is 0 Å². The molecule has 1 saturated heterocycles. The summed E-state index contributed by atoms with van der Waals surface area (Å²) in [6.45, 7) is 1.39. The number of hydrogen-bond donors (Lipinski definition) is 2. The summed E-state index contributed by atoms with van der Waals surface area (Å²) < 4.78 is 18.6. The summed E-state index contributed by atoms with van der Waals surface area (Å²) >= 11 is 3.06. The summed E-state index contributed by atoms with van der Waals surface area (Å²) in [5.74, 6) is -0.615. The SMILES string of the molecule is CO[C@H]1CNCC1NC(=O)c1ccc(F)c(Br)c1.Cl. The molecule has 1 aromatic rings. The third kappa shape index (κ3) is 3.89. The van der Waals surface area contributed by atoms with Crippen LogP contribution < -0.4 is 10.6 Å². The maximum Gasteiger partial charge on any atom is 0.251 e. The Balaban J connectivity index is 0.00000180. The van der Waals surface area contributed by atoms with Crippen LogP contribution in [0.5, 0.6) is 0 Å². The zero-order valence-corrected chi connectivity index (χ0v) is 12.7. The van der Waals surface area contributed by atoms with Crippen LogP contribution >= 0.6 is 28.3 Å². The number of hydrogen-bond acceptors (Lipinski definition) is 3. The van der Waals surface area contributed by atoms with E-state index in [1.165, 1.54) is 18.2 Å². The van der Waals surface area contributed by atoms with Crippen LogP contribution in [0.1, 0.15) is 10.4 Å². The standard InChI is InChI=1S/C12H14BrFN2O2.ClH/c1-18-11-6-15-5-10(11)16-12(17)7-2-3-9(14)8(13)4-7;/h2-4,10-11,15H,5-6H2,1H3,(H,16,17);1H/t10?,11-;/m0./s1. The van der Waals surface area contributed by atoms with Gasteiger partial charge in [0.25, 0.3) is 5.91 Å². The molecule has 2 rings (SSSR count). The normalized spacial score (nSPS) is 21.8. The molecule has 1 unspecified atom stereocenters. The lowest BCUT2D eigenvalue weighted by Gasteiger charge is -2.18. The van der Waals surface area contributed by atoms with Crippen LogP contribution in [-0.2, 0) is 4.74 Å². The highest BCUT2D eigenvalue weighted by Gasteiger charge is 2.28. The molecule has 2 atom stereocenters. The molecule has 1 amide bonds. The third-order valence-electron chi connectivity index (χ3n) is 2.96. The number of halogens is 3. The van der Waals surface area contributed by atoms with Crippen LogP contribution in [0.4, 0.5) is 4.39 Å². The van der Waals surface area contributed by atoms with Crippen LogP contribution in [0.15, 0.2) is 22.7 Å². The van der Waals surface area contributed by atoms with Crippen LogP contribution in [0, 0.1) is 5.82 Å². The van der Waals surface area contributed by atoms with Crippen LogP contribution in [0.3, 0.4) is 0 Å². The van der Waals surface area contributed by atoms with Crippen molar-refractivity contribution in [3.8, 4) is 0 Å². The first-order valence-electron chi connectivity index (χ1n) is 5.61. The predicted octanol–water partition coefficient (Wildman–Crippen LogP) is 1.73. The Labute approximate surface area is 125 Å². The van der Waals surface area contributed by atoms with Crippen molar-refractivity contribution in [1.82, 2.24) is 10.6 Å². The second-order valence-corrected chi connectivity index (χ2v) is 5.00. The van der Waals surface area contributed by atoms with Crippen LogP contribution in [0.2, 0.25) is 0 Å². The monoisotopic (exact) mass is 352 g/mol. The summed E-state index contributed by atoms with van der Waals surface area (Å²) in [7, 11) is 1.62. The molecule has 0 spiro atoms. The predicted molar refractivity (Wildman–Crippen MR) is 76.3 cm³/mol. The fourth-order valence-corrected chi connectivity index (χ4v) is 2.31. The number of carbonyl (C=O) groups is 1. The van der Waals surface area contributed by atoms with Gasteiger partial charge in [-0.25, -0.2) is 4.39 Å². The average Bonchev–Trinajstić information content (AvgIpc) is 2.79. The smallest absolute Gasteiger partial charge is 0.251 e. The number of ether oxygens (including phenoxy) is 1. The molecule has 19 heavy (non-hydrogen) atoms. The molecular formula is C12H15BrClFN2O2. The topological polar surface area (TPSA) is 50.4 Å². The molecule has 1 heterocycles. The molecule has 1 aliphatic heterocycles. The Hall–Kier alpha value is -0.690. The zero-order chi connectivity index (χ0) is 13.1. The fraction of sp³-hybridized carbons (Fsp3) is 0.417. The van der Waals surface area contributed by atoms with E-state index in [0.29, 0.717) is 18.7 Å². The van der Waals surface area contributed by atoms with Crippen LogP contribution in [-0.4, -0.2) is 38.3 Å². The fourth-order valence-electron chi connectivity index (χ4n) is 1.94. The maximum atomic E-state index is 13.1. The van der Waals surface area contributed by atoms with Crippen molar-refractivity contribution in [1.29, 1.82) is 0 Å². The van der Waals surface area contributed by atoms with Gasteiger partial charge < -0.3 is 15.4 Å². The van der Waals surface area contributed by atoms with E-state index in [9.17, 15) is 9.18 Å². The summed E-state index contributed by atoms with van der Waals surface area (Å²) in [4.78, 5) is 12.0. The van der Waals surface area contributed by atoms with E-state index in [4.69, 9.17) is 4.74 Å². The van der Waals surface area contributed by atoms with E-state index in [-0.39, 0.29) is 40.7 Å². The molecule has 106 valence electrons. The quantitative estimate of drug-likeness (QED) is 0.870. The second-order valence-electron chi connectivity index (χ2n) is 4.14. The zero-order valence-electron chi connectivity index (χ0n) is 10.3. The first-order chi connectivity index (χ1) is 8.61. The minimum atomic E-state index is -0.385. The molecule has 2 N–H and O–H groups in total. The molecule has 1 aliphatic rings.